The smallest absolute Gasteiger partial charge is 0.317 e. The highest BCUT2D eigenvalue weighted by molar-refractivity contribution is 5.79. The molecule has 2 aliphatic rings. The van der Waals surface area contributed by atoms with E-state index in [1.165, 1.54) is 0 Å². The number of nitrogens with zero attached hydrogens (tertiary/aromatic N) is 3. The molecule has 7 heteroatoms. The van der Waals surface area contributed by atoms with Crippen LogP contribution in [0.1, 0.15) is 25.1 Å². The lowest BCUT2D eigenvalue weighted by atomic mass is 9.89. The van der Waals surface area contributed by atoms with Crippen LogP contribution in [-0.4, -0.2) is 50.2 Å². The van der Waals surface area contributed by atoms with Crippen molar-refractivity contribution >= 4 is 12.0 Å². The number of aromatic nitrogens is 2. The topological polar surface area (TPSA) is 87.5 Å². The number of carbonyl (C=O) groups excluding carboxylic acids is 1. The van der Waals surface area contributed by atoms with Gasteiger partial charge in [0.05, 0.1) is 5.92 Å². The van der Waals surface area contributed by atoms with Crippen LogP contribution < -0.4 is 5.32 Å². The Kier molecular flexibility index (Phi) is 3.57. The van der Waals surface area contributed by atoms with Gasteiger partial charge >= 0.3 is 12.0 Å². The number of hydrogen-bond acceptors (Lipinski definition) is 3. The highest BCUT2D eigenvalue weighted by atomic mass is 16.4. The van der Waals surface area contributed by atoms with Gasteiger partial charge in [-0.2, -0.15) is 0 Å². The number of hydrogen-bond donors (Lipinski definition) is 2. The average Bonchev–Trinajstić information content (AvgIpc) is 3.13. The minimum atomic E-state index is -0.784. The molecule has 2 N–H and O–H groups in total. The highest BCUT2D eigenvalue weighted by Crippen LogP contribution is 2.41. The molecule has 3 rings (SSSR count). The third-order valence-electron chi connectivity index (χ3n) is 4.63. The summed E-state index contributed by atoms with van der Waals surface area (Å²) in [5, 5.41) is 12.1. The number of rotatable bonds is 4. The maximum atomic E-state index is 12.3. The fraction of sp³-hybridized carbons (Fsp3) is 0.643. The van der Waals surface area contributed by atoms with Gasteiger partial charge in [-0.25, -0.2) is 9.78 Å². The zero-order valence-electron chi connectivity index (χ0n) is 12.0. The molecule has 1 aromatic heterocycles. The van der Waals surface area contributed by atoms with Gasteiger partial charge in [-0.3, -0.25) is 4.79 Å². The molecule has 0 radical (unpaired) electrons. The lowest BCUT2D eigenvalue weighted by Gasteiger charge is -2.23. The minimum Gasteiger partial charge on any atom is -0.481 e. The molecule has 0 saturated carbocycles. The van der Waals surface area contributed by atoms with E-state index < -0.39 is 11.9 Å². The average molecular weight is 292 g/mol. The summed E-state index contributed by atoms with van der Waals surface area (Å²) in [5.41, 5.74) is 0. The summed E-state index contributed by atoms with van der Waals surface area (Å²) in [6, 6.07) is -0.189. The zero-order valence-corrected chi connectivity index (χ0v) is 12.0. The van der Waals surface area contributed by atoms with Crippen molar-refractivity contribution in [2.24, 2.45) is 13.0 Å². The molecule has 3 atom stereocenters. The SMILES string of the molecule is Cn1ccnc1CCNC(=O)N1C2CCC1C(C(=O)O)C2. The predicted octanol–water partition coefficient (Wildman–Crippen LogP) is 0.610. The molecule has 2 aliphatic heterocycles. The second-order valence-corrected chi connectivity index (χ2v) is 5.82. The molecule has 2 bridgehead atoms. The molecular formula is C14H20N4O3. The normalized spacial score (nSPS) is 27.1. The van der Waals surface area contributed by atoms with Gasteiger partial charge in [0.25, 0.3) is 0 Å². The van der Waals surface area contributed by atoms with E-state index >= 15 is 0 Å². The van der Waals surface area contributed by atoms with E-state index in [2.05, 4.69) is 10.3 Å². The maximum absolute atomic E-state index is 12.3. The summed E-state index contributed by atoms with van der Waals surface area (Å²) in [6.45, 7) is 0.511. The number of carboxylic acids is 1. The lowest BCUT2D eigenvalue weighted by molar-refractivity contribution is -0.142. The number of carboxylic acid groups (broad SMARTS) is 1. The van der Waals surface area contributed by atoms with Crippen LogP contribution >= 0.6 is 0 Å². The van der Waals surface area contributed by atoms with Crippen molar-refractivity contribution in [2.75, 3.05) is 6.54 Å². The summed E-state index contributed by atoms with van der Waals surface area (Å²) in [6.07, 6.45) is 6.58. The van der Waals surface area contributed by atoms with Crippen LogP contribution in [-0.2, 0) is 18.3 Å². The third kappa shape index (κ3) is 2.48. The second kappa shape index (κ2) is 5.38. The molecule has 0 aliphatic carbocycles. The predicted molar refractivity (Wildman–Crippen MR) is 74.7 cm³/mol. The van der Waals surface area contributed by atoms with Gasteiger partial charge in [-0.05, 0) is 19.3 Å². The first-order chi connectivity index (χ1) is 10.1. The number of aliphatic carboxylic acids is 1. The van der Waals surface area contributed by atoms with Crippen LogP contribution in [0.25, 0.3) is 0 Å². The largest absolute Gasteiger partial charge is 0.481 e. The molecule has 114 valence electrons. The molecule has 2 amide bonds. The van der Waals surface area contributed by atoms with Crippen molar-refractivity contribution in [3.63, 3.8) is 0 Å². The van der Waals surface area contributed by atoms with E-state index in [1.54, 1.807) is 11.1 Å². The molecule has 2 saturated heterocycles. The van der Waals surface area contributed by atoms with E-state index in [1.807, 2.05) is 17.8 Å². The summed E-state index contributed by atoms with van der Waals surface area (Å²) < 4.78 is 1.92. The summed E-state index contributed by atoms with van der Waals surface area (Å²) in [7, 11) is 1.92. The number of amides is 2. The quantitative estimate of drug-likeness (QED) is 0.851. The fourth-order valence-electron chi connectivity index (χ4n) is 3.58. The van der Waals surface area contributed by atoms with E-state index in [4.69, 9.17) is 0 Å². The van der Waals surface area contributed by atoms with Crippen molar-refractivity contribution in [1.82, 2.24) is 19.8 Å². The molecule has 3 heterocycles. The Bertz CT molecular complexity index is 556. The Hall–Kier alpha value is -2.05. The number of urea groups is 1. The number of carbonyl (C=O) groups is 2. The first-order valence-electron chi connectivity index (χ1n) is 7.33. The summed E-state index contributed by atoms with van der Waals surface area (Å²) >= 11 is 0. The number of fused-ring (bicyclic) bond motifs is 2. The molecule has 7 nitrogen and oxygen atoms in total. The van der Waals surface area contributed by atoms with Crippen LogP contribution in [0.4, 0.5) is 4.79 Å². The van der Waals surface area contributed by atoms with Gasteiger partial charge in [0.1, 0.15) is 5.82 Å². The Morgan fingerprint density at radius 2 is 2.29 bits per heavy atom. The Balaban J connectivity index is 1.54. The minimum absolute atomic E-state index is 0.0873. The zero-order chi connectivity index (χ0) is 15.0. The second-order valence-electron chi connectivity index (χ2n) is 5.82. The molecular weight excluding hydrogens is 272 g/mol. The first-order valence-corrected chi connectivity index (χ1v) is 7.33. The Morgan fingerprint density at radius 1 is 1.48 bits per heavy atom. The van der Waals surface area contributed by atoms with E-state index in [0.29, 0.717) is 19.4 Å². The van der Waals surface area contributed by atoms with Gasteiger partial charge in [0, 0.05) is 44.5 Å². The molecule has 0 spiro atoms. The molecule has 2 fully saturated rings. The maximum Gasteiger partial charge on any atom is 0.317 e. The number of imidazole rings is 1. The van der Waals surface area contributed by atoms with Gasteiger partial charge in [-0.15, -0.1) is 0 Å². The Labute approximate surface area is 122 Å². The standard InChI is InChI=1S/C14H20N4O3/c1-17-7-6-15-12(17)4-5-16-14(21)18-9-2-3-11(18)10(8-9)13(19)20/h6-7,9-11H,2-5,8H2,1H3,(H,16,21)(H,19,20). The molecule has 0 aromatic carbocycles. The van der Waals surface area contributed by atoms with Crippen molar-refractivity contribution in [3.8, 4) is 0 Å². The molecule has 21 heavy (non-hydrogen) atoms. The summed E-state index contributed by atoms with van der Waals surface area (Å²) in [5.74, 6) is -0.264. The monoisotopic (exact) mass is 292 g/mol. The van der Waals surface area contributed by atoms with E-state index in [0.717, 1.165) is 18.7 Å². The van der Waals surface area contributed by atoms with Crippen LogP contribution in [0.2, 0.25) is 0 Å². The van der Waals surface area contributed by atoms with Crippen LogP contribution in [0.5, 0.6) is 0 Å². The van der Waals surface area contributed by atoms with Crippen LogP contribution in [0.3, 0.4) is 0 Å². The van der Waals surface area contributed by atoms with Crippen LogP contribution in [0.15, 0.2) is 12.4 Å². The van der Waals surface area contributed by atoms with Gasteiger partial charge in [-0.1, -0.05) is 0 Å². The molecule has 3 unspecified atom stereocenters. The number of aryl methyl sites for hydroxylation is 1. The molecule has 1 aromatic rings. The van der Waals surface area contributed by atoms with Gasteiger partial charge in [0.15, 0.2) is 0 Å². The number of nitrogens with one attached hydrogen (secondary N) is 1. The van der Waals surface area contributed by atoms with Gasteiger partial charge < -0.3 is 19.9 Å². The van der Waals surface area contributed by atoms with Gasteiger partial charge in [0.2, 0.25) is 0 Å². The fourth-order valence-corrected chi connectivity index (χ4v) is 3.58. The third-order valence-corrected chi connectivity index (χ3v) is 4.63. The van der Waals surface area contributed by atoms with Crippen molar-refractivity contribution in [1.29, 1.82) is 0 Å². The lowest BCUT2D eigenvalue weighted by Crippen LogP contribution is -2.44. The van der Waals surface area contributed by atoms with E-state index in [-0.39, 0.29) is 18.1 Å². The summed E-state index contributed by atoms with van der Waals surface area (Å²) in [4.78, 5) is 29.4. The Morgan fingerprint density at radius 3 is 2.90 bits per heavy atom. The van der Waals surface area contributed by atoms with Crippen molar-refractivity contribution in [3.05, 3.63) is 18.2 Å². The van der Waals surface area contributed by atoms with Crippen LogP contribution in [0, 0.1) is 5.92 Å². The highest BCUT2D eigenvalue weighted by Gasteiger charge is 2.51. The van der Waals surface area contributed by atoms with Crippen molar-refractivity contribution in [2.45, 2.75) is 37.8 Å². The van der Waals surface area contributed by atoms with E-state index in [9.17, 15) is 14.7 Å². The first kappa shape index (κ1) is 13.9. The van der Waals surface area contributed by atoms with Crippen molar-refractivity contribution < 1.29 is 14.7 Å².